The van der Waals surface area contributed by atoms with Crippen LogP contribution in [0, 0.1) is 18.8 Å². The first-order chi connectivity index (χ1) is 9.34. The Hall–Kier alpha value is -1.88. The Labute approximate surface area is 117 Å². The van der Waals surface area contributed by atoms with E-state index in [-0.39, 0.29) is 6.42 Å². The van der Waals surface area contributed by atoms with E-state index in [0.29, 0.717) is 12.8 Å². The van der Waals surface area contributed by atoms with Crippen LogP contribution in [0.4, 0.5) is 0 Å². The van der Waals surface area contributed by atoms with Crippen molar-refractivity contribution in [2.75, 3.05) is 0 Å². The van der Waals surface area contributed by atoms with Gasteiger partial charge in [-0.15, -0.1) is 0 Å². The molecule has 108 valence electrons. The van der Waals surface area contributed by atoms with Gasteiger partial charge in [0.05, 0.1) is 5.92 Å². The smallest absolute Gasteiger partial charge is 0.324 e. The van der Waals surface area contributed by atoms with Gasteiger partial charge in [0.2, 0.25) is 0 Å². The quantitative estimate of drug-likeness (QED) is 0.730. The molecule has 0 aromatic heterocycles. The molecule has 20 heavy (non-hydrogen) atoms. The molecule has 0 spiro atoms. The summed E-state index contributed by atoms with van der Waals surface area (Å²) in [5.74, 6) is -3.16. The Bertz CT molecular complexity index is 525. The van der Waals surface area contributed by atoms with E-state index in [1.807, 2.05) is 31.2 Å². The van der Waals surface area contributed by atoms with Gasteiger partial charge in [0, 0.05) is 5.92 Å². The number of carboxylic acids is 2. The van der Waals surface area contributed by atoms with Crippen LogP contribution in [0.1, 0.15) is 24.0 Å². The normalized spacial score (nSPS) is 23.9. The third-order valence-electron chi connectivity index (χ3n) is 4.12. The lowest BCUT2D eigenvalue weighted by molar-refractivity contribution is -0.145. The van der Waals surface area contributed by atoms with E-state index in [2.05, 4.69) is 0 Å². The molecule has 1 fully saturated rings. The van der Waals surface area contributed by atoms with E-state index in [1.54, 1.807) is 0 Å². The summed E-state index contributed by atoms with van der Waals surface area (Å²) in [7, 11) is 0. The van der Waals surface area contributed by atoms with Gasteiger partial charge in [0.1, 0.15) is 5.54 Å². The van der Waals surface area contributed by atoms with E-state index >= 15 is 0 Å². The molecule has 1 saturated carbocycles. The van der Waals surface area contributed by atoms with Crippen LogP contribution in [0.15, 0.2) is 24.3 Å². The second-order valence-electron chi connectivity index (χ2n) is 5.62. The zero-order chi connectivity index (χ0) is 14.9. The van der Waals surface area contributed by atoms with Crippen molar-refractivity contribution in [2.24, 2.45) is 17.6 Å². The maximum atomic E-state index is 11.4. The highest BCUT2D eigenvalue weighted by Crippen LogP contribution is 2.47. The van der Waals surface area contributed by atoms with Crippen LogP contribution in [0.3, 0.4) is 0 Å². The highest BCUT2D eigenvalue weighted by atomic mass is 16.4. The second kappa shape index (κ2) is 5.25. The van der Waals surface area contributed by atoms with Crippen molar-refractivity contribution < 1.29 is 19.8 Å². The number of rotatable bonds is 6. The van der Waals surface area contributed by atoms with Crippen molar-refractivity contribution in [3.63, 3.8) is 0 Å². The molecule has 2 rings (SSSR count). The lowest BCUT2D eigenvalue weighted by Crippen LogP contribution is -2.51. The molecule has 0 saturated heterocycles. The zero-order valence-corrected chi connectivity index (χ0v) is 11.4. The van der Waals surface area contributed by atoms with Gasteiger partial charge in [-0.05, 0) is 31.7 Å². The summed E-state index contributed by atoms with van der Waals surface area (Å²) in [5, 5.41) is 18.3. The molecule has 1 aliphatic carbocycles. The summed E-state index contributed by atoms with van der Waals surface area (Å²) in [6.45, 7) is 1.98. The first-order valence-corrected chi connectivity index (χ1v) is 6.65. The highest BCUT2D eigenvalue weighted by Gasteiger charge is 2.57. The van der Waals surface area contributed by atoms with Gasteiger partial charge >= 0.3 is 11.9 Å². The van der Waals surface area contributed by atoms with Crippen LogP contribution in [-0.4, -0.2) is 27.7 Å². The van der Waals surface area contributed by atoms with Gasteiger partial charge in [-0.1, -0.05) is 29.8 Å². The Balaban J connectivity index is 2.05. The van der Waals surface area contributed by atoms with Gasteiger partial charge in [0.25, 0.3) is 0 Å². The maximum Gasteiger partial charge on any atom is 0.324 e. The summed E-state index contributed by atoms with van der Waals surface area (Å²) in [4.78, 5) is 22.3. The fourth-order valence-corrected chi connectivity index (χ4v) is 2.59. The van der Waals surface area contributed by atoms with Crippen molar-refractivity contribution in [1.29, 1.82) is 0 Å². The lowest BCUT2D eigenvalue weighted by atomic mass is 9.86. The van der Waals surface area contributed by atoms with Crippen molar-refractivity contribution in [3.8, 4) is 0 Å². The Morgan fingerprint density at radius 3 is 2.35 bits per heavy atom. The number of carboxylic acid groups (broad SMARTS) is 2. The molecule has 3 atom stereocenters. The maximum absolute atomic E-state index is 11.4. The zero-order valence-electron chi connectivity index (χ0n) is 11.4. The predicted molar refractivity (Wildman–Crippen MR) is 73.3 cm³/mol. The third kappa shape index (κ3) is 2.82. The molecule has 1 aliphatic rings. The number of carbonyl (C=O) groups is 2. The standard InChI is InChI=1S/C15H19NO4/c1-9-2-4-10(5-3-9)6-7-15(16,14(19)20)12-8-11(12)13(17)18/h2-5,11-12H,6-8,16H2,1H3,(H,17,18)(H,19,20)/t11-,12-,15?/m0/s1. The minimum atomic E-state index is -1.45. The van der Waals surface area contributed by atoms with Gasteiger partial charge in [-0.3, -0.25) is 9.59 Å². The fourth-order valence-electron chi connectivity index (χ4n) is 2.59. The topological polar surface area (TPSA) is 101 Å². The van der Waals surface area contributed by atoms with Gasteiger partial charge < -0.3 is 15.9 Å². The number of hydrogen-bond donors (Lipinski definition) is 3. The SMILES string of the molecule is Cc1ccc(CCC(N)(C(=O)O)[C@H]2C[C@@H]2C(=O)O)cc1. The molecule has 5 nitrogen and oxygen atoms in total. The first kappa shape index (κ1) is 14.5. The molecule has 0 amide bonds. The third-order valence-corrected chi connectivity index (χ3v) is 4.12. The largest absolute Gasteiger partial charge is 0.481 e. The van der Waals surface area contributed by atoms with Crippen molar-refractivity contribution >= 4 is 11.9 Å². The van der Waals surface area contributed by atoms with Crippen LogP contribution in [-0.2, 0) is 16.0 Å². The summed E-state index contributed by atoms with van der Waals surface area (Å²) in [6.07, 6.45) is 1.14. The molecule has 0 aliphatic heterocycles. The minimum Gasteiger partial charge on any atom is -0.481 e. The summed E-state index contributed by atoms with van der Waals surface area (Å²) in [6, 6.07) is 7.81. The number of nitrogens with two attached hydrogens (primary N) is 1. The van der Waals surface area contributed by atoms with Crippen molar-refractivity contribution in [1.82, 2.24) is 0 Å². The molecule has 0 bridgehead atoms. The molecule has 1 aromatic carbocycles. The van der Waals surface area contributed by atoms with Gasteiger partial charge in [0.15, 0.2) is 0 Å². The van der Waals surface area contributed by atoms with Crippen molar-refractivity contribution in [3.05, 3.63) is 35.4 Å². The minimum absolute atomic E-state index is 0.250. The van der Waals surface area contributed by atoms with E-state index in [4.69, 9.17) is 10.8 Å². The molecule has 0 radical (unpaired) electrons. The van der Waals surface area contributed by atoms with E-state index < -0.39 is 29.3 Å². The molecule has 5 heteroatoms. The highest BCUT2D eigenvalue weighted by molar-refractivity contribution is 5.83. The van der Waals surface area contributed by atoms with Crippen LogP contribution in [0.5, 0.6) is 0 Å². The average molecular weight is 277 g/mol. The molecular weight excluding hydrogens is 258 g/mol. The second-order valence-corrected chi connectivity index (χ2v) is 5.62. The van der Waals surface area contributed by atoms with E-state index in [0.717, 1.165) is 11.1 Å². The number of hydrogen-bond acceptors (Lipinski definition) is 3. The van der Waals surface area contributed by atoms with Gasteiger partial charge in [-0.2, -0.15) is 0 Å². The van der Waals surface area contributed by atoms with Crippen LogP contribution in [0.2, 0.25) is 0 Å². The Kier molecular flexibility index (Phi) is 3.81. The monoisotopic (exact) mass is 277 g/mol. The molecular formula is C15H19NO4. The summed E-state index contributed by atoms with van der Waals surface area (Å²) in [5.41, 5.74) is 6.69. The molecule has 4 N–H and O–H groups in total. The van der Waals surface area contributed by atoms with Gasteiger partial charge in [-0.25, -0.2) is 0 Å². The Morgan fingerprint density at radius 1 is 1.30 bits per heavy atom. The summed E-state index contributed by atoms with van der Waals surface area (Å²) < 4.78 is 0. The van der Waals surface area contributed by atoms with E-state index in [9.17, 15) is 14.7 Å². The Morgan fingerprint density at radius 2 is 1.90 bits per heavy atom. The average Bonchev–Trinajstić information content (AvgIpc) is 3.18. The van der Waals surface area contributed by atoms with Crippen LogP contribution in [0.25, 0.3) is 0 Å². The lowest BCUT2D eigenvalue weighted by Gasteiger charge is -2.25. The van der Waals surface area contributed by atoms with Crippen LogP contribution < -0.4 is 5.73 Å². The fraction of sp³-hybridized carbons (Fsp3) is 0.467. The van der Waals surface area contributed by atoms with Crippen LogP contribution >= 0.6 is 0 Å². The number of aliphatic carboxylic acids is 2. The number of benzene rings is 1. The van der Waals surface area contributed by atoms with Crippen molar-refractivity contribution in [2.45, 2.75) is 31.7 Å². The molecule has 1 aromatic rings. The predicted octanol–water partition coefficient (Wildman–Crippen LogP) is 1.43. The number of aryl methyl sites for hydroxylation is 2. The first-order valence-electron chi connectivity index (χ1n) is 6.65. The molecule has 1 unspecified atom stereocenters. The summed E-state index contributed by atoms with van der Waals surface area (Å²) >= 11 is 0. The molecule has 0 heterocycles. The van der Waals surface area contributed by atoms with E-state index in [1.165, 1.54) is 0 Å².